The molecular formula is C20H20O3. The molecule has 1 unspecified atom stereocenters. The van der Waals surface area contributed by atoms with Gasteiger partial charge in [0.1, 0.15) is 0 Å². The highest BCUT2D eigenvalue weighted by Gasteiger charge is 2.24. The molecule has 0 saturated heterocycles. The highest BCUT2D eigenvalue weighted by atomic mass is 16.5. The first-order valence-electron chi connectivity index (χ1n) is 7.52. The van der Waals surface area contributed by atoms with Crippen LogP contribution in [0.25, 0.3) is 6.08 Å². The summed E-state index contributed by atoms with van der Waals surface area (Å²) in [5, 5.41) is 0. The van der Waals surface area contributed by atoms with Crippen molar-refractivity contribution in [2.75, 3.05) is 7.11 Å². The standard InChI is InChI=1S/C20H20O3/c1-3-15-9-7-8-12-17(15)13-18(20(22)23-2)14-19(21)16-10-5-4-6-11-16/h3-12,18H,1,13-14H2,2H3. The summed E-state index contributed by atoms with van der Waals surface area (Å²) in [6, 6.07) is 16.7. The highest BCUT2D eigenvalue weighted by molar-refractivity contribution is 5.98. The van der Waals surface area contributed by atoms with Crippen molar-refractivity contribution in [3.8, 4) is 0 Å². The van der Waals surface area contributed by atoms with Crippen molar-refractivity contribution in [1.29, 1.82) is 0 Å². The van der Waals surface area contributed by atoms with Crippen LogP contribution < -0.4 is 0 Å². The fourth-order valence-electron chi connectivity index (χ4n) is 2.56. The van der Waals surface area contributed by atoms with Crippen LogP contribution >= 0.6 is 0 Å². The predicted molar refractivity (Wildman–Crippen MR) is 91.1 cm³/mol. The Kier molecular flexibility index (Phi) is 5.87. The van der Waals surface area contributed by atoms with Gasteiger partial charge in [0.15, 0.2) is 5.78 Å². The van der Waals surface area contributed by atoms with Crippen LogP contribution in [-0.2, 0) is 16.0 Å². The zero-order valence-electron chi connectivity index (χ0n) is 13.2. The zero-order chi connectivity index (χ0) is 16.7. The normalized spacial score (nSPS) is 11.5. The smallest absolute Gasteiger partial charge is 0.309 e. The van der Waals surface area contributed by atoms with Gasteiger partial charge in [0.05, 0.1) is 13.0 Å². The topological polar surface area (TPSA) is 43.4 Å². The quantitative estimate of drug-likeness (QED) is 0.575. The van der Waals surface area contributed by atoms with Gasteiger partial charge in [-0.1, -0.05) is 67.3 Å². The first-order chi connectivity index (χ1) is 11.2. The molecule has 1 atom stereocenters. The highest BCUT2D eigenvalue weighted by Crippen LogP contribution is 2.20. The van der Waals surface area contributed by atoms with Crippen molar-refractivity contribution < 1.29 is 14.3 Å². The Bertz CT molecular complexity index is 689. The summed E-state index contributed by atoms with van der Waals surface area (Å²) in [4.78, 5) is 24.5. The maximum absolute atomic E-state index is 12.4. The molecule has 0 aromatic heterocycles. The van der Waals surface area contributed by atoms with E-state index in [4.69, 9.17) is 4.74 Å². The minimum Gasteiger partial charge on any atom is -0.469 e. The molecule has 0 saturated carbocycles. The molecule has 0 aliphatic rings. The van der Waals surface area contributed by atoms with E-state index in [0.717, 1.165) is 11.1 Å². The van der Waals surface area contributed by atoms with Crippen LogP contribution in [0.5, 0.6) is 0 Å². The third kappa shape index (κ3) is 4.39. The number of benzene rings is 2. The monoisotopic (exact) mass is 308 g/mol. The Labute approximate surface area is 136 Å². The van der Waals surface area contributed by atoms with E-state index in [1.807, 2.05) is 42.5 Å². The maximum atomic E-state index is 12.4. The molecule has 0 spiro atoms. The number of hydrogen-bond acceptors (Lipinski definition) is 3. The molecule has 2 rings (SSSR count). The van der Waals surface area contributed by atoms with Gasteiger partial charge in [-0.2, -0.15) is 0 Å². The van der Waals surface area contributed by atoms with Crippen LogP contribution in [0.4, 0.5) is 0 Å². The predicted octanol–water partition coefficient (Wildman–Crippen LogP) is 3.93. The minimum atomic E-state index is -0.506. The van der Waals surface area contributed by atoms with Crippen molar-refractivity contribution in [2.45, 2.75) is 12.8 Å². The van der Waals surface area contributed by atoms with Gasteiger partial charge in [0.2, 0.25) is 0 Å². The fraction of sp³-hybridized carbons (Fsp3) is 0.200. The number of esters is 1. The molecule has 0 bridgehead atoms. The van der Waals surface area contributed by atoms with Crippen molar-refractivity contribution >= 4 is 17.8 Å². The van der Waals surface area contributed by atoms with Crippen LogP contribution in [0, 0.1) is 5.92 Å². The van der Waals surface area contributed by atoms with Crippen molar-refractivity contribution in [1.82, 2.24) is 0 Å². The summed E-state index contributed by atoms with van der Waals surface area (Å²) in [6.45, 7) is 3.79. The Morgan fingerprint density at radius 2 is 1.74 bits per heavy atom. The second-order valence-corrected chi connectivity index (χ2v) is 5.32. The molecule has 0 radical (unpaired) electrons. The SMILES string of the molecule is C=Cc1ccccc1CC(CC(=O)c1ccccc1)C(=O)OC. The number of carbonyl (C=O) groups excluding carboxylic acids is 2. The summed E-state index contributed by atoms with van der Waals surface area (Å²) in [7, 11) is 1.35. The number of hydrogen-bond donors (Lipinski definition) is 0. The molecule has 0 N–H and O–H groups in total. The molecule has 3 nitrogen and oxygen atoms in total. The van der Waals surface area contributed by atoms with Crippen LogP contribution in [0.3, 0.4) is 0 Å². The lowest BCUT2D eigenvalue weighted by Crippen LogP contribution is -2.22. The van der Waals surface area contributed by atoms with Gasteiger partial charge in [0, 0.05) is 12.0 Å². The Balaban J connectivity index is 2.19. The molecular weight excluding hydrogens is 288 g/mol. The van der Waals surface area contributed by atoms with E-state index in [0.29, 0.717) is 12.0 Å². The number of ether oxygens (including phenoxy) is 1. The van der Waals surface area contributed by atoms with E-state index in [1.54, 1.807) is 18.2 Å². The lowest BCUT2D eigenvalue weighted by atomic mass is 9.90. The van der Waals surface area contributed by atoms with Crippen LogP contribution in [0.15, 0.2) is 61.2 Å². The second-order valence-electron chi connectivity index (χ2n) is 5.32. The lowest BCUT2D eigenvalue weighted by Gasteiger charge is -2.15. The number of Topliss-reactive ketones (excluding diaryl/α,β-unsaturated/α-hetero) is 1. The first-order valence-corrected chi connectivity index (χ1v) is 7.52. The Hall–Kier alpha value is -2.68. The average Bonchev–Trinajstić information content (AvgIpc) is 2.61. The van der Waals surface area contributed by atoms with Crippen molar-refractivity contribution in [3.63, 3.8) is 0 Å². The lowest BCUT2D eigenvalue weighted by molar-refractivity contribution is -0.145. The molecule has 2 aromatic carbocycles. The molecule has 23 heavy (non-hydrogen) atoms. The maximum Gasteiger partial charge on any atom is 0.309 e. The number of methoxy groups -OCH3 is 1. The van der Waals surface area contributed by atoms with E-state index >= 15 is 0 Å². The zero-order valence-corrected chi connectivity index (χ0v) is 13.2. The van der Waals surface area contributed by atoms with Gasteiger partial charge in [0.25, 0.3) is 0 Å². The Morgan fingerprint density at radius 1 is 1.09 bits per heavy atom. The summed E-state index contributed by atoms with van der Waals surface area (Å²) < 4.78 is 4.88. The van der Waals surface area contributed by atoms with Gasteiger partial charge in [-0.05, 0) is 17.5 Å². The van der Waals surface area contributed by atoms with Crippen molar-refractivity contribution in [3.05, 3.63) is 77.9 Å². The van der Waals surface area contributed by atoms with Gasteiger partial charge >= 0.3 is 5.97 Å². The molecule has 2 aromatic rings. The summed E-state index contributed by atoms with van der Waals surface area (Å²) in [5.41, 5.74) is 2.56. The Morgan fingerprint density at radius 3 is 2.39 bits per heavy atom. The molecule has 0 aliphatic carbocycles. The molecule has 0 fully saturated rings. The van der Waals surface area contributed by atoms with Gasteiger partial charge in [-0.15, -0.1) is 0 Å². The fourth-order valence-corrected chi connectivity index (χ4v) is 2.56. The van der Waals surface area contributed by atoms with E-state index in [1.165, 1.54) is 7.11 Å². The van der Waals surface area contributed by atoms with E-state index in [-0.39, 0.29) is 18.2 Å². The average molecular weight is 308 g/mol. The number of carbonyl (C=O) groups is 2. The van der Waals surface area contributed by atoms with Gasteiger partial charge in [-0.25, -0.2) is 0 Å². The van der Waals surface area contributed by atoms with Gasteiger partial charge < -0.3 is 4.74 Å². The second kappa shape index (κ2) is 8.08. The van der Waals surface area contributed by atoms with E-state index in [2.05, 4.69) is 6.58 Å². The third-order valence-electron chi connectivity index (χ3n) is 3.80. The van der Waals surface area contributed by atoms with E-state index < -0.39 is 5.92 Å². The number of ketones is 1. The molecule has 118 valence electrons. The van der Waals surface area contributed by atoms with E-state index in [9.17, 15) is 9.59 Å². The molecule has 0 heterocycles. The van der Waals surface area contributed by atoms with Crippen LogP contribution in [0.1, 0.15) is 27.9 Å². The summed E-state index contributed by atoms with van der Waals surface area (Å²) in [6.07, 6.45) is 2.33. The minimum absolute atomic E-state index is 0.0583. The molecule has 3 heteroatoms. The number of rotatable bonds is 7. The largest absolute Gasteiger partial charge is 0.469 e. The van der Waals surface area contributed by atoms with Crippen molar-refractivity contribution in [2.24, 2.45) is 5.92 Å². The molecule has 0 amide bonds. The third-order valence-corrected chi connectivity index (χ3v) is 3.80. The summed E-state index contributed by atoms with van der Waals surface area (Å²) >= 11 is 0. The van der Waals surface area contributed by atoms with Crippen LogP contribution in [-0.4, -0.2) is 18.9 Å². The van der Waals surface area contributed by atoms with Gasteiger partial charge in [-0.3, -0.25) is 9.59 Å². The first kappa shape index (κ1) is 16.7. The van der Waals surface area contributed by atoms with Crippen LogP contribution in [0.2, 0.25) is 0 Å². The summed E-state index contributed by atoms with van der Waals surface area (Å²) in [5.74, 6) is -0.931. The molecule has 0 aliphatic heterocycles.